The number of hydrogen-bond donors (Lipinski definition) is 4. The summed E-state index contributed by atoms with van der Waals surface area (Å²) in [4.78, 5) is 10.9. The fourth-order valence-corrected chi connectivity index (χ4v) is 4.35. The van der Waals surface area contributed by atoms with Gasteiger partial charge in [-0.3, -0.25) is 4.72 Å². The van der Waals surface area contributed by atoms with Gasteiger partial charge in [-0.1, -0.05) is 6.07 Å². The number of benzene rings is 2. The molecule has 0 atom stereocenters. The van der Waals surface area contributed by atoms with E-state index in [1.54, 1.807) is 51.2 Å². The maximum Gasteiger partial charge on any atom is 0.237 e. The number of halogens is 1. The van der Waals surface area contributed by atoms with Crippen molar-refractivity contribution in [1.82, 2.24) is 15.3 Å². The number of hydrogen-bond acceptors (Lipinski definition) is 8. The summed E-state index contributed by atoms with van der Waals surface area (Å²) in [6.07, 6.45) is 1.66. The van der Waals surface area contributed by atoms with Gasteiger partial charge in [0.15, 0.2) is 0 Å². The van der Waals surface area contributed by atoms with Crippen LogP contribution in [0.1, 0.15) is 26.3 Å². The average molecular weight is 514 g/mol. The first kappa shape index (κ1) is 25.6. The van der Waals surface area contributed by atoms with Gasteiger partial charge < -0.3 is 20.9 Å². The van der Waals surface area contributed by atoms with Gasteiger partial charge in [-0.2, -0.15) is 4.98 Å². The molecule has 36 heavy (non-hydrogen) atoms. The fourth-order valence-electron chi connectivity index (χ4n) is 3.61. The molecular weight excluding hydrogens is 481 g/mol. The fraction of sp³-hybridized carbons (Fsp3) is 0.360. The quantitative estimate of drug-likeness (QED) is 0.369. The predicted octanol–water partition coefficient (Wildman–Crippen LogP) is 4.36. The van der Waals surface area contributed by atoms with Crippen molar-refractivity contribution < 1.29 is 12.8 Å². The summed E-state index contributed by atoms with van der Waals surface area (Å²) in [7, 11) is -3.55. The van der Waals surface area contributed by atoms with Crippen LogP contribution >= 0.6 is 0 Å². The number of piperazine rings is 1. The van der Waals surface area contributed by atoms with E-state index < -0.39 is 14.8 Å². The van der Waals surface area contributed by atoms with Crippen molar-refractivity contribution in [1.29, 1.82) is 0 Å². The lowest BCUT2D eigenvalue weighted by molar-refractivity contribution is 0.566. The van der Waals surface area contributed by atoms with Crippen molar-refractivity contribution in [3.05, 3.63) is 60.0 Å². The summed E-state index contributed by atoms with van der Waals surface area (Å²) >= 11 is 0. The molecule has 4 rings (SSSR count). The normalized spacial score (nSPS) is 14.4. The zero-order valence-corrected chi connectivity index (χ0v) is 21.7. The van der Waals surface area contributed by atoms with Gasteiger partial charge >= 0.3 is 0 Å². The highest BCUT2D eigenvalue weighted by molar-refractivity contribution is 7.94. The SMILES string of the molecule is Cc1cnc(Nc2ccc(N3CCNCC3)c(F)c2)nc1Nc1cccc(NS(=O)(=O)C(C)(C)C)c1. The lowest BCUT2D eigenvalue weighted by Crippen LogP contribution is -2.43. The molecule has 11 heteroatoms. The average Bonchev–Trinajstić information content (AvgIpc) is 2.81. The van der Waals surface area contributed by atoms with E-state index in [9.17, 15) is 12.8 Å². The Morgan fingerprint density at radius 3 is 2.39 bits per heavy atom. The van der Waals surface area contributed by atoms with Crippen molar-refractivity contribution in [2.75, 3.05) is 46.4 Å². The highest BCUT2D eigenvalue weighted by Gasteiger charge is 2.28. The van der Waals surface area contributed by atoms with E-state index >= 15 is 0 Å². The highest BCUT2D eigenvalue weighted by atomic mass is 32.2. The Morgan fingerprint density at radius 2 is 1.69 bits per heavy atom. The first-order valence-electron chi connectivity index (χ1n) is 11.8. The number of aromatic nitrogens is 2. The maximum atomic E-state index is 14.8. The Morgan fingerprint density at radius 1 is 1.00 bits per heavy atom. The number of rotatable bonds is 7. The van der Waals surface area contributed by atoms with E-state index in [-0.39, 0.29) is 5.82 Å². The van der Waals surface area contributed by atoms with Crippen LogP contribution in [0.5, 0.6) is 0 Å². The van der Waals surface area contributed by atoms with Crippen LogP contribution < -0.4 is 25.6 Å². The summed E-state index contributed by atoms with van der Waals surface area (Å²) in [6.45, 7) is 9.97. The van der Waals surface area contributed by atoms with Gasteiger partial charge in [-0.05, 0) is 64.1 Å². The van der Waals surface area contributed by atoms with E-state index in [4.69, 9.17) is 0 Å². The van der Waals surface area contributed by atoms with Gasteiger partial charge in [-0.25, -0.2) is 17.8 Å². The van der Waals surface area contributed by atoms with Crippen LogP contribution in [0.3, 0.4) is 0 Å². The molecule has 0 spiro atoms. The summed E-state index contributed by atoms with van der Waals surface area (Å²) in [5, 5.41) is 9.54. The molecule has 0 bridgehead atoms. The molecule has 0 amide bonds. The number of aryl methyl sites for hydroxylation is 1. The molecule has 4 N–H and O–H groups in total. The second-order valence-corrected chi connectivity index (χ2v) is 12.1. The minimum absolute atomic E-state index is 0.304. The molecule has 0 aliphatic carbocycles. The molecule has 3 aromatic rings. The van der Waals surface area contributed by atoms with Crippen LogP contribution in [-0.2, 0) is 10.0 Å². The van der Waals surface area contributed by atoms with Crippen LogP contribution in [0.4, 0.5) is 38.9 Å². The third kappa shape index (κ3) is 6.03. The summed E-state index contributed by atoms with van der Waals surface area (Å²) < 4.78 is 41.5. The van der Waals surface area contributed by atoms with Crippen molar-refractivity contribution in [3.63, 3.8) is 0 Å². The standard InChI is InChI=1S/C25H32FN7O2S/c1-17-16-28-24(30-19-8-9-22(21(26)15-19)33-12-10-27-11-13-33)31-23(17)29-18-6-5-7-20(14-18)32-36(34,35)25(2,3)4/h5-9,14-16,27,32H,10-13H2,1-4H3,(H2,28,29,30,31). The summed E-state index contributed by atoms with van der Waals surface area (Å²) in [5.41, 5.74) is 3.01. The Hall–Kier alpha value is -3.44. The lowest BCUT2D eigenvalue weighted by atomic mass is 10.2. The molecule has 2 aromatic carbocycles. The van der Waals surface area contributed by atoms with E-state index in [0.29, 0.717) is 34.5 Å². The Bertz CT molecular complexity index is 1340. The Labute approximate surface area is 211 Å². The molecule has 1 saturated heterocycles. The monoisotopic (exact) mass is 513 g/mol. The minimum atomic E-state index is -3.55. The van der Waals surface area contributed by atoms with Crippen LogP contribution in [0.2, 0.25) is 0 Å². The second-order valence-electron chi connectivity index (χ2n) is 9.68. The van der Waals surface area contributed by atoms with E-state index in [1.807, 2.05) is 24.0 Å². The molecule has 2 heterocycles. The second kappa shape index (κ2) is 10.3. The third-order valence-electron chi connectivity index (χ3n) is 5.82. The first-order valence-corrected chi connectivity index (χ1v) is 13.3. The molecule has 0 radical (unpaired) electrons. The molecule has 1 fully saturated rings. The zero-order chi connectivity index (χ0) is 25.9. The van der Waals surface area contributed by atoms with Gasteiger partial charge in [-0.15, -0.1) is 0 Å². The number of nitrogens with zero attached hydrogens (tertiary/aromatic N) is 3. The molecule has 0 unspecified atom stereocenters. The molecule has 0 saturated carbocycles. The van der Waals surface area contributed by atoms with Crippen LogP contribution in [-0.4, -0.2) is 49.3 Å². The van der Waals surface area contributed by atoms with Crippen LogP contribution in [0.15, 0.2) is 48.7 Å². The van der Waals surface area contributed by atoms with Gasteiger partial charge in [0.2, 0.25) is 16.0 Å². The van der Waals surface area contributed by atoms with E-state index in [0.717, 1.165) is 31.7 Å². The molecule has 1 aromatic heterocycles. The number of anilines is 6. The summed E-state index contributed by atoms with van der Waals surface area (Å²) in [5.74, 6) is 0.546. The van der Waals surface area contributed by atoms with E-state index in [2.05, 4.69) is 30.6 Å². The summed E-state index contributed by atoms with van der Waals surface area (Å²) in [6, 6.07) is 12.0. The van der Waals surface area contributed by atoms with Gasteiger partial charge in [0.05, 0.1) is 16.1 Å². The van der Waals surface area contributed by atoms with E-state index in [1.165, 1.54) is 6.07 Å². The molecular formula is C25H32FN7O2S. The third-order valence-corrected chi connectivity index (χ3v) is 7.93. The first-order chi connectivity index (χ1) is 17.0. The van der Waals surface area contributed by atoms with Crippen LogP contribution in [0, 0.1) is 12.7 Å². The van der Waals surface area contributed by atoms with Gasteiger partial charge in [0.1, 0.15) is 11.6 Å². The number of sulfonamides is 1. The zero-order valence-electron chi connectivity index (χ0n) is 20.9. The molecule has 1 aliphatic rings. The Kier molecular flexibility index (Phi) is 7.32. The predicted molar refractivity (Wildman–Crippen MR) is 144 cm³/mol. The molecule has 1 aliphatic heterocycles. The largest absolute Gasteiger partial charge is 0.367 e. The topological polar surface area (TPSA) is 111 Å². The lowest BCUT2D eigenvalue weighted by Gasteiger charge is -2.29. The van der Waals surface area contributed by atoms with Gasteiger partial charge in [0.25, 0.3) is 0 Å². The van der Waals surface area contributed by atoms with Gasteiger partial charge in [0, 0.05) is 49.3 Å². The maximum absolute atomic E-state index is 14.8. The molecule has 9 nitrogen and oxygen atoms in total. The van der Waals surface area contributed by atoms with Crippen molar-refractivity contribution in [2.24, 2.45) is 0 Å². The van der Waals surface area contributed by atoms with Crippen LogP contribution in [0.25, 0.3) is 0 Å². The molecule has 192 valence electrons. The smallest absolute Gasteiger partial charge is 0.237 e. The van der Waals surface area contributed by atoms with Crippen molar-refractivity contribution in [2.45, 2.75) is 32.4 Å². The highest BCUT2D eigenvalue weighted by Crippen LogP contribution is 2.27. The van der Waals surface area contributed by atoms with Crippen molar-refractivity contribution >= 4 is 44.5 Å². The number of nitrogens with one attached hydrogen (secondary N) is 4. The minimum Gasteiger partial charge on any atom is -0.367 e. The Balaban J connectivity index is 1.49. The van der Waals surface area contributed by atoms with Crippen molar-refractivity contribution in [3.8, 4) is 0 Å².